The van der Waals surface area contributed by atoms with Gasteiger partial charge in [-0.25, -0.2) is 0 Å². The zero-order valence-electron chi connectivity index (χ0n) is 12.9. The van der Waals surface area contributed by atoms with E-state index in [1.54, 1.807) is 0 Å². The molecule has 0 radical (unpaired) electrons. The Morgan fingerprint density at radius 2 is 1.75 bits per heavy atom. The Hall–Kier alpha value is -1.10. The number of rotatable bonds is 12. The van der Waals surface area contributed by atoms with Crippen LogP contribution in [0.4, 0.5) is 0 Å². The molecule has 2 atom stereocenters. The normalized spacial score (nSPS) is 13.8. The lowest BCUT2D eigenvalue weighted by molar-refractivity contribution is -0.141. The molecule has 0 aromatic rings. The molecule has 4 N–H and O–H groups in total. The van der Waals surface area contributed by atoms with Crippen molar-refractivity contribution in [2.45, 2.75) is 58.8 Å². The van der Waals surface area contributed by atoms with Gasteiger partial charge in [0.05, 0.1) is 5.92 Å². The standard InChI is InChI=1S/C15H30N2O3/c1-3-5-12(9-10-16)7-8-14(18)17-11-13(6-4-2)15(19)20/h12-13H,3-11,16H2,1-2H3,(H,17,18)(H,19,20). The Morgan fingerprint density at radius 1 is 1.10 bits per heavy atom. The number of hydrogen-bond donors (Lipinski definition) is 3. The Labute approximate surface area is 122 Å². The minimum absolute atomic E-state index is 0.0505. The van der Waals surface area contributed by atoms with Gasteiger partial charge in [0.25, 0.3) is 0 Å². The van der Waals surface area contributed by atoms with Crippen LogP contribution in [0.3, 0.4) is 0 Å². The number of amides is 1. The molecule has 0 fully saturated rings. The molecule has 0 rings (SSSR count). The summed E-state index contributed by atoms with van der Waals surface area (Å²) in [5, 5.41) is 11.7. The fourth-order valence-electron chi connectivity index (χ4n) is 2.40. The van der Waals surface area contributed by atoms with Crippen molar-refractivity contribution >= 4 is 11.9 Å². The smallest absolute Gasteiger partial charge is 0.308 e. The number of nitrogens with one attached hydrogen (secondary N) is 1. The van der Waals surface area contributed by atoms with Crippen molar-refractivity contribution in [1.82, 2.24) is 5.32 Å². The van der Waals surface area contributed by atoms with Gasteiger partial charge in [-0.2, -0.15) is 0 Å². The number of hydrogen-bond acceptors (Lipinski definition) is 3. The van der Waals surface area contributed by atoms with E-state index < -0.39 is 11.9 Å². The molecule has 0 saturated carbocycles. The Morgan fingerprint density at radius 3 is 2.25 bits per heavy atom. The number of nitrogens with two attached hydrogens (primary N) is 1. The fraction of sp³-hybridized carbons (Fsp3) is 0.867. The van der Waals surface area contributed by atoms with E-state index in [9.17, 15) is 9.59 Å². The number of aliphatic carboxylic acids is 1. The molecule has 0 aliphatic heterocycles. The van der Waals surface area contributed by atoms with Gasteiger partial charge in [-0.3, -0.25) is 9.59 Å². The largest absolute Gasteiger partial charge is 0.481 e. The van der Waals surface area contributed by atoms with E-state index in [4.69, 9.17) is 10.8 Å². The van der Waals surface area contributed by atoms with Crippen LogP contribution in [0, 0.1) is 11.8 Å². The lowest BCUT2D eigenvalue weighted by atomic mass is 9.94. The van der Waals surface area contributed by atoms with Crippen molar-refractivity contribution in [3.8, 4) is 0 Å². The highest BCUT2D eigenvalue weighted by atomic mass is 16.4. The van der Waals surface area contributed by atoms with Gasteiger partial charge < -0.3 is 16.2 Å². The second-order valence-electron chi connectivity index (χ2n) is 5.40. The summed E-state index contributed by atoms with van der Waals surface area (Å²) in [6.07, 6.45) is 5.85. The van der Waals surface area contributed by atoms with Crippen molar-refractivity contribution in [3.05, 3.63) is 0 Å². The molecule has 0 spiro atoms. The van der Waals surface area contributed by atoms with Crippen LogP contribution >= 0.6 is 0 Å². The quantitative estimate of drug-likeness (QED) is 0.512. The highest BCUT2D eigenvalue weighted by Crippen LogP contribution is 2.16. The molecule has 20 heavy (non-hydrogen) atoms. The highest BCUT2D eigenvalue weighted by molar-refractivity contribution is 5.77. The SMILES string of the molecule is CCCC(CCN)CCC(=O)NCC(CCC)C(=O)O. The molecule has 0 aromatic heterocycles. The Balaban J connectivity index is 3.99. The molecule has 5 heteroatoms. The minimum Gasteiger partial charge on any atom is -0.481 e. The van der Waals surface area contributed by atoms with Gasteiger partial charge >= 0.3 is 5.97 Å². The topological polar surface area (TPSA) is 92.4 Å². The van der Waals surface area contributed by atoms with Crippen LogP contribution in [0.2, 0.25) is 0 Å². The first-order valence-electron chi connectivity index (χ1n) is 7.74. The molecule has 5 nitrogen and oxygen atoms in total. The number of carbonyl (C=O) groups is 2. The van der Waals surface area contributed by atoms with Gasteiger partial charge in [0.1, 0.15) is 0 Å². The molecule has 0 aliphatic carbocycles. The van der Waals surface area contributed by atoms with E-state index in [2.05, 4.69) is 12.2 Å². The fourth-order valence-corrected chi connectivity index (χ4v) is 2.40. The molecule has 0 aromatic carbocycles. The van der Waals surface area contributed by atoms with Crippen LogP contribution in [-0.2, 0) is 9.59 Å². The molecular weight excluding hydrogens is 256 g/mol. The maximum absolute atomic E-state index is 11.8. The number of carboxylic acids is 1. The summed E-state index contributed by atoms with van der Waals surface area (Å²) in [7, 11) is 0. The molecule has 1 amide bonds. The molecular formula is C15H30N2O3. The van der Waals surface area contributed by atoms with Crippen LogP contribution in [0.5, 0.6) is 0 Å². The molecule has 118 valence electrons. The van der Waals surface area contributed by atoms with Crippen LogP contribution in [0.1, 0.15) is 58.8 Å². The van der Waals surface area contributed by atoms with E-state index >= 15 is 0 Å². The Kier molecular flexibility index (Phi) is 11.1. The summed E-state index contributed by atoms with van der Waals surface area (Å²) in [5.74, 6) is -0.856. The lowest BCUT2D eigenvalue weighted by Crippen LogP contribution is -2.33. The van der Waals surface area contributed by atoms with Crippen LogP contribution in [0.15, 0.2) is 0 Å². The first-order chi connectivity index (χ1) is 9.54. The maximum Gasteiger partial charge on any atom is 0.308 e. The van der Waals surface area contributed by atoms with Crippen molar-refractivity contribution in [2.75, 3.05) is 13.1 Å². The van der Waals surface area contributed by atoms with Gasteiger partial charge in [-0.1, -0.05) is 33.1 Å². The maximum atomic E-state index is 11.8. The van der Waals surface area contributed by atoms with Gasteiger partial charge in [-0.15, -0.1) is 0 Å². The average molecular weight is 286 g/mol. The summed E-state index contributed by atoms with van der Waals surface area (Å²) in [6, 6.07) is 0. The summed E-state index contributed by atoms with van der Waals surface area (Å²) in [6.45, 7) is 4.97. The van der Waals surface area contributed by atoms with E-state index in [0.717, 1.165) is 32.1 Å². The van der Waals surface area contributed by atoms with Crippen molar-refractivity contribution in [1.29, 1.82) is 0 Å². The molecule has 2 unspecified atom stereocenters. The van der Waals surface area contributed by atoms with Gasteiger partial charge in [0, 0.05) is 13.0 Å². The van der Waals surface area contributed by atoms with Crippen LogP contribution < -0.4 is 11.1 Å². The summed E-state index contributed by atoms with van der Waals surface area (Å²) in [4.78, 5) is 22.7. The molecule has 0 aliphatic rings. The number of carbonyl (C=O) groups excluding carboxylic acids is 1. The number of carboxylic acid groups (broad SMARTS) is 1. The third kappa shape index (κ3) is 8.91. The molecule has 0 bridgehead atoms. The predicted octanol–water partition coefficient (Wildman–Crippen LogP) is 2.15. The zero-order chi connectivity index (χ0) is 15.4. The molecule has 0 saturated heterocycles. The van der Waals surface area contributed by atoms with E-state index in [0.29, 0.717) is 25.3 Å². The van der Waals surface area contributed by atoms with Crippen molar-refractivity contribution in [2.24, 2.45) is 17.6 Å². The van der Waals surface area contributed by atoms with Crippen LogP contribution in [-0.4, -0.2) is 30.1 Å². The van der Waals surface area contributed by atoms with E-state index in [1.807, 2.05) is 6.92 Å². The third-order valence-electron chi connectivity index (χ3n) is 3.58. The second kappa shape index (κ2) is 11.7. The van der Waals surface area contributed by atoms with Crippen molar-refractivity contribution < 1.29 is 14.7 Å². The highest BCUT2D eigenvalue weighted by Gasteiger charge is 2.17. The minimum atomic E-state index is -0.834. The summed E-state index contributed by atoms with van der Waals surface area (Å²) >= 11 is 0. The summed E-state index contributed by atoms with van der Waals surface area (Å²) in [5.41, 5.74) is 5.57. The first-order valence-corrected chi connectivity index (χ1v) is 7.74. The van der Waals surface area contributed by atoms with Gasteiger partial charge in [-0.05, 0) is 31.7 Å². The van der Waals surface area contributed by atoms with E-state index in [1.165, 1.54) is 0 Å². The monoisotopic (exact) mass is 286 g/mol. The van der Waals surface area contributed by atoms with Gasteiger partial charge in [0.2, 0.25) is 5.91 Å². The predicted molar refractivity (Wildman–Crippen MR) is 80.3 cm³/mol. The molecule has 0 heterocycles. The lowest BCUT2D eigenvalue weighted by Gasteiger charge is -2.16. The summed E-state index contributed by atoms with van der Waals surface area (Å²) < 4.78 is 0. The van der Waals surface area contributed by atoms with Crippen LogP contribution in [0.25, 0.3) is 0 Å². The Bertz CT molecular complexity index is 276. The third-order valence-corrected chi connectivity index (χ3v) is 3.58. The van der Waals surface area contributed by atoms with E-state index in [-0.39, 0.29) is 12.5 Å². The zero-order valence-corrected chi connectivity index (χ0v) is 12.9. The second-order valence-corrected chi connectivity index (χ2v) is 5.40. The first kappa shape index (κ1) is 18.9. The van der Waals surface area contributed by atoms with Crippen molar-refractivity contribution in [3.63, 3.8) is 0 Å². The average Bonchev–Trinajstić information content (AvgIpc) is 2.41. The van der Waals surface area contributed by atoms with Gasteiger partial charge in [0.15, 0.2) is 0 Å².